The molecule has 6 nitrogen and oxygen atoms in total. The summed E-state index contributed by atoms with van der Waals surface area (Å²) in [6.07, 6.45) is 8.95. The van der Waals surface area contributed by atoms with Crippen LogP contribution >= 0.6 is 11.5 Å². The molecule has 0 aliphatic heterocycles. The lowest BCUT2D eigenvalue weighted by Crippen LogP contribution is -2.22. The van der Waals surface area contributed by atoms with E-state index in [0.717, 1.165) is 59.8 Å². The molecule has 0 atom stereocenters. The summed E-state index contributed by atoms with van der Waals surface area (Å²) >= 11 is 1.49. The van der Waals surface area contributed by atoms with Crippen molar-refractivity contribution in [2.75, 3.05) is 34.4 Å². The molecule has 30 heavy (non-hydrogen) atoms. The molecule has 1 saturated carbocycles. The highest BCUT2D eigenvalue weighted by Gasteiger charge is 2.21. The summed E-state index contributed by atoms with van der Waals surface area (Å²) in [5, 5.41) is 2.20. The van der Waals surface area contributed by atoms with Crippen LogP contribution in [0, 0.1) is 5.92 Å². The van der Waals surface area contributed by atoms with Gasteiger partial charge in [-0.15, -0.1) is 0 Å². The molecule has 0 spiro atoms. The topological polar surface area (TPSA) is 52.4 Å². The van der Waals surface area contributed by atoms with E-state index in [0.29, 0.717) is 0 Å². The van der Waals surface area contributed by atoms with Crippen molar-refractivity contribution in [3.63, 3.8) is 0 Å². The number of hydrogen-bond acceptors (Lipinski definition) is 6. The van der Waals surface area contributed by atoms with Gasteiger partial charge in [-0.05, 0) is 43.4 Å². The molecule has 1 aromatic carbocycles. The van der Waals surface area contributed by atoms with Crippen molar-refractivity contribution in [2.45, 2.75) is 45.2 Å². The van der Waals surface area contributed by atoms with Gasteiger partial charge in [0.25, 0.3) is 0 Å². The van der Waals surface area contributed by atoms with E-state index in [-0.39, 0.29) is 0 Å². The molecule has 7 heteroatoms. The Morgan fingerprint density at radius 3 is 2.80 bits per heavy atom. The highest BCUT2D eigenvalue weighted by molar-refractivity contribution is 7.05. The summed E-state index contributed by atoms with van der Waals surface area (Å²) in [6.45, 7) is 3.42. The summed E-state index contributed by atoms with van der Waals surface area (Å²) in [6, 6.07) is 6.27. The van der Waals surface area contributed by atoms with Crippen LogP contribution in [0.15, 0.2) is 24.4 Å². The standard InChI is InChI=1S/C23H32N4O2S/c1-26(12-13-28-2)16-21-24-23(25-30-21)19-15-27(14-17-8-5-4-6-9-17)22-18(19)10-7-11-20(22)29-3/h7,10-11,15,17H,4-6,8-9,12-14,16H2,1-3H3. The monoisotopic (exact) mass is 428 g/mol. The van der Waals surface area contributed by atoms with E-state index in [2.05, 4.69) is 34.8 Å². The minimum absolute atomic E-state index is 0.719. The van der Waals surface area contributed by atoms with Gasteiger partial charge in [-0.3, -0.25) is 4.90 Å². The summed E-state index contributed by atoms with van der Waals surface area (Å²) in [5.74, 6) is 2.47. The van der Waals surface area contributed by atoms with Crippen molar-refractivity contribution in [1.82, 2.24) is 18.8 Å². The number of likely N-dealkylation sites (N-methyl/N-ethyl adjacent to an activating group) is 1. The molecular weight excluding hydrogens is 396 g/mol. The Kier molecular flexibility index (Phi) is 7.02. The predicted octanol–water partition coefficient (Wildman–Crippen LogP) is 4.83. The zero-order valence-electron chi connectivity index (χ0n) is 18.3. The van der Waals surface area contributed by atoms with E-state index < -0.39 is 0 Å². The highest BCUT2D eigenvalue weighted by Crippen LogP contribution is 2.36. The highest BCUT2D eigenvalue weighted by atomic mass is 32.1. The molecule has 1 fully saturated rings. The van der Waals surface area contributed by atoms with Gasteiger partial charge in [0, 0.05) is 37.3 Å². The number of para-hydroxylation sites is 1. The number of aromatic nitrogens is 3. The lowest BCUT2D eigenvalue weighted by Gasteiger charge is -2.22. The second kappa shape index (κ2) is 9.90. The average molecular weight is 429 g/mol. The Bertz CT molecular complexity index is 961. The molecule has 162 valence electrons. The number of benzene rings is 1. The normalized spacial score (nSPS) is 15.3. The first kappa shape index (κ1) is 21.3. The third kappa shape index (κ3) is 4.68. The number of hydrogen-bond donors (Lipinski definition) is 0. The molecule has 0 radical (unpaired) electrons. The molecular formula is C23H32N4O2S. The molecule has 0 bridgehead atoms. The van der Waals surface area contributed by atoms with Crippen molar-refractivity contribution in [1.29, 1.82) is 0 Å². The molecule has 3 aromatic rings. The van der Waals surface area contributed by atoms with Gasteiger partial charge in [0.05, 0.1) is 25.8 Å². The number of fused-ring (bicyclic) bond motifs is 1. The third-order valence-electron chi connectivity index (χ3n) is 6.05. The Balaban J connectivity index is 1.64. The molecule has 0 saturated heterocycles. The van der Waals surface area contributed by atoms with Gasteiger partial charge in [0.15, 0.2) is 5.82 Å². The van der Waals surface area contributed by atoms with Crippen LogP contribution in [0.25, 0.3) is 22.3 Å². The summed E-state index contributed by atoms with van der Waals surface area (Å²) in [4.78, 5) is 7.08. The van der Waals surface area contributed by atoms with Crippen molar-refractivity contribution in [3.8, 4) is 17.1 Å². The molecule has 0 unspecified atom stereocenters. The van der Waals surface area contributed by atoms with E-state index in [1.165, 1.54) is 49.0 Å². The summed E-state index contributed by atoms with van der Waals surface area (Å²) < 4.78 is 18.0. The molecule has 4 rings (SSSR count). The maximum atomic E-state index is 5.72. The van der Waals surface area contributed by atoms with Crippen LogP contribution in [0.2, 0.25) is 0 Å². The minimum atomic E-state index is 0.719. The molecule has 2 heterocycles. The molecule has 2 aromatic heterocycles. The van der Waals surface area contributed by atoms with Gasteiger partial charge in [-0.1, -0.05) is 31.4 Å². The molecule has 0 N–H and O–H groups in total. The van der Waals surface area contributed by atoms with Gasteiger partial charge in [0.2, 0.25) is 0 Å². The van der Waals surface area contributed by atoms with Gasteiger partial charge >= 0.3 is 0 Å². The lowest BCUT2D eigenvalue weighted by molar-refractivity contribution is 0.158. The Morgan fingerprint density at radius 1 is 1.20 bits per heavy atom. The minimum Gasteiger partial charge on any atom is -0.495 e. The van der Waals surface area contributed by atoms with E-state index in [1.54, 1.807) is 14.2 Å². The summed E-state index contributed by atoms with van der Waals surface area (Å²) in [7, 11) is 5.57. The average Bonchev–Trinajstić information content (AvgIpc) is 3.37. The van der Waals surface area contributed by atoms with Crippen LogP contribution in [0.3, 0.4) is 0 Å². The first-order valence-corrected chi connectivity index (χ1v) is 11.6. The van der Waals surface area contributed by atoms with Crippen molar-refractivity contribution in [2.24, 2.45) is 5.92 Å². The van der Waals surface area contributed by atoms with E-state index in [1.807, 2.05) is 6.07 Å². The van der Waals surface area contributed by atoms with E-state index in [9.17, 15) is 0 Å². The smallest absolute Gasteiger partial charge is 0.175 e. The van der Waals surface area contributed by atoms with Crippen LogP contribution in [0.4, 0.5) is 0 Å². The number of nitrogens with zero attached hydrogens (tertiary/aromatic N) is 4. The Labute approximate surface area is 183 Å². The van der Waals surface area contributed by atoms with Crippen LogP contribution in [-0.2, 0) is 17.8 Å². The van der Waals surface area contributed by atoms with E-state index >= 15 is 0 Å². The fourth-order valence-electron chi connectivity index (χ4n) is 4.45. The maximum Gasteiger partial charge on any atom is 0.175 e. The van der Waals surface area contributed by atoms with Crippen molar-refractivity contribution < 1.29 is 9.47 Å². The first-order chi connectivity index (χ1) is 14.7. The zero-order chi connectivity index (χ0) is 20.9. The zero-order valence-corrected chi connectivity index (χ0v) is 19.1. The molecule has 1 aliphatic rings. The van der Waals surface area contributed by atoms with Crippen molar-refractivity contribution >= 4 is 22.4 Å². The van der Waals surface area contributed by atoms with Gasteiger partial charge in [0.1, 0.15) is 10.8 Å². The van der Waals surface area contributed by atoms with E-state index in [4.69, 9.17) is 18.8 Å². The van der Waals surface area contributed by atoms with Crippen molar-refractivity contribution in [3.05, 3.63) is 29.4 Å². The third-order valence-corrected chi connectivity index (χ3v) is 6.75. The largest absolute Gasteiger partial charge is 0.495 e. The fraction of sp³-hybridized carbons (Fsp3) is 0.565. The lowest BCUT2D eigenvalue weighted by atomic mass is 9.89. The number of ether oxygens (including phenoxy) is 2. The second-order valence-electron chi connectivity index (χ2n) is 8.30. The fourth-order valence-corrected chi connectivity index (χ4v) is 5.18. The number of methoxy groups -OCH3 is 2. The second-order valence-corrected chi connectivity index (χ2v) is 9.13. The summed E-state index contributed by atoms with van der Waals surface area (Å²) in [5.41, 5.74) is 2.26. The maximum absolute atomic E-state index is 5.72. The quantitative estimate of drug-likeness (QED) is 0.489. The van der Waals surface area contributed by atoms with Gasteiger partial charge < -0.3 is 14.0 Å². The Hall–Kier alpha value is -1.96. The van der Waals surface area contributed by atoms with Crippen LogP contribution < -0.4 is 4.74 Å². The van der Waals surface area contributed by atoms with Gasteiger partial charge in [-0.2, -0.15) is 4.37 Å². The van der Waals surface area contributed by atoms with Gasteiger partial charge in [-0.25, -0.2) is 4.98 Å². The van der Waals surface area contributed by atoms with Crippen LogP contribution in [-0.4, -0.2) is 53.2 Å². The number of rotatable bonds is 9. The van der Waals surface area contributed by atoms with Crippen LogP contribution in [0.1, 0.15) is 37.1 Å². The molecule has 0 amide bonds. The predicted molar refractivity (Wildman–Crippen MR) is 122 cm³/mol. The van der Waals surface area contributed by atoms with Crippen LogP contribution in [0.5, 0.6) is 5.75 Å². The SMILES string of the molecule is COCCN(C)Cc1nc(-c2cn(CC3CCCCC3)c3c(OC)cccc23)ns1. The first-order valence-electron chi connectivity index (χ1n) is 10.9. The Morgan fingerprint density at radius 2 is 2.03 bits per heavy atom. The molecule has 1 aliphatic carbocycles.